The number of methoxy groups -OCH3 is 1. The average Bonchev–Trinajstić information content (AvgIpc) is 2.50. The molecule has 1 saturated heterocycles. The Morgan fingerprint density at radius 1 is 1.20 bits per heavy atom. The molecular weight excluding hydrogens is 252 g/mol. The first-order chi connectivity index (χ1) is 9.69. The van der Waals surface area contributed by atoms with Gasteiger partial charge >= 0.3 is 5.97 Å². The van der Waals surface area contributed by atoms with E-state index in [1.165, 1.54) is 65.1 Å². The molecule has 2 fully saturated rings. The van der Waals surface area contributed by atoms with Crippen molar-refractivity contribution in [3.63, 3.8) is 0 Å². The molecule has 1 saturated carbocycles. The summed E-state index contributed by atoms with van der Waals surface area (Å²) >= 11 is 0. The summed E-state index contributed by atoms with van der Waals surface area (Å²) < 4.78 is 4.81. The lowest BCUT2D eigenvalue weighted by Crippen LogP contribution is -2.44. The van der Waals surface area contributed by atoms with Gasteiger partial charge in [-0.05, 0) is 57.7 Å². The third kappa shape index (κ3) is 3.95. The first-order valence-electron chi connectivity index (χ1n) is 8.16. The zero-order valence-corrected chi connectivity index (χ0v) is 13.1. The van der Waals surface area contributed by atoms with E-state index in [-0.39, 0.29) is 12.0 Å². The smallest absolute Gasteiger partial charge is 0.322 e. The summed E-state index contributed by atoms with van der Waals surface area (Å²) in [7, 11) is 3.29. The molecule has 116 valence electrons. The Bertz CT molecular complexity index is 304. The van der Waals surface area contributed by atoms with Crippen molar-refractivity contribution in [3.05, 3.63) is 0 Å². The zero-order chi connectivity index (χ0) is 14.4. The highest BCUT2D eigenvalue weighted by atomic mass is 16.5. The first kappa shape index (κ1) is 15.8. The number of nitrogens with one attached hydrogen (secondary N) is 1. The van der Waals surface area contributed by atoms with Crippen LogP contribution in [0.5, 0.6) is 0 Å². The van der Waals surface area contributed by atoms with Crippen LogP contribution in [0.3, 0.4) is 0 Å². The predicted octanol–water partition coefficient (Wildman–Crippen LogP) is 2.18. The summed E-state index contributed by atoms with van der Waals surface area (Å²) in [6, 6.07) is -0.162. The summed E-state index contributed by atoms with van der Waals surface area (Å²) in [5, 5.41) is 3.05. The maximum Gasteiger partial charge on any atom is 0.322 e. The van der Waals surface area contributed by atoms with Crippen molar-refractivity contribution in [1.82, 2.24) is 10.2 Å². The lowest BCUT2D eigenvalue weighted by Gasteiger charge is -2.44. The second-order valence-corrected chi connectivity index (χ2v) is 6.56. The van der Waals surface area contributed by atoms with Crippen LogP contribution in [0.4, 0.5) is 0 Å². The minimum absolute atomic E-state index is 0.145. The highest BCUT2D eigenvalue weighted by molar-refractivity contribution is 5.75. The Balaban J connectivity index is 1.72. The first-order valence-corrected chi connectivity index (χ1v) is 8.16. The van der Waals surface area contributed by atoms with Crippen molar-refractivity contribution >= 4 is 5.97 Å². The molecule has 4 heteroatoms. The topological polar surface area (TPSA) is 41.6 Å². The fourth-order valence-electron chi connectivity index (χ4n) is 3.89. The van der Waals surface area contributed by atoms with E-state index in [4.69, 9.17) is 4.74 Å². The Morgan fingerprint density at radius 2 is 1.85 bits per heavy atom. The highest BCUT2D eigenvalue weighted by Crippen LogP contribution is 2.44. The minimum atomic E-state index is -0.162. The molecule has 1 spiro atoms. The third-order valence-corrected chi connectivity index (χ3v) is 5.40. The summed E-state index contributed by atoms with van der Waals surface area (Å²) in [6.45, 7) is 3.41. The van der Waals surface area contributed by atoms with E-state index in [2.05, 4.69) is 10.2 Å². The van der Waals surface area contributed by atoms with Crippen molar-refractivity contribution in [2.75, 3.05) is 33.8 Å². The van der Waals surface area contributed by atoms with E-state index in [1.54, 1.807) is 0 Å². The molecule has 1 heterocycles. The average molecular weight is 282 g/mol. The van der Waals surface area contributed by atoms with Gasteiger partial charge in [0.2, 0.25) is 0 Å². The van der Waals surface area contributed by atoms with E-state index < -0.39 is 0 Å². The summed E-state index contributed by atoms with van der Waals surface area (Å²) in [5.74, 6) is -0.145. The van der Waals surface area contributed by atoms with Crippen LogP contribution in [0.15, 0.2) is 0 Å². The van der Waals surface area contributed by atoms with Gasteiger partial charge in [-0.15, -0.1) is 0 Å². The molecule has 2 aliphatic rings. The maximum atomic E-state index is 11.6. The lowest BCUT2D eigenvalue weighted by atomic mass is 9.68. The van der Waals surface area contributed by atoms with Crippen molar-refractivity contribution in [3.8, 4) is 0 Å². The van der Waals surface area contributed by atoms with Gasteiger partial charge < -0.3 is 15.0 Å². The van der Waals surface area contributed by atoms with E-state index in [0.717, 1.165) is 13.0 Å². The van der Waals surface area contributed by atoms with E-state index in [9.17, 15) is 4.79 Å². The minimum Gasteiger partial charge on any atom is -0.468 e. The fourth-order valence-corrected chi connectivity index (χ4v) is 3.89. The Labute approximate surface area is 123 Å². The molecule has 0 radical (unpaired) electrons. The standard InChI is InChI=1S/C16H30N2O2/c1-17-14(15(19)20-2)6-11-18-12-9-16(10-13-18)7-4-3-5-8-16/h14,17H,3-13H2,1-2H3. The second kappa shape index (κ2) is 7.41. The number of ether oxygens (including phenoxy) is 1. The molecule has 1 atom stereocenters. The number of likely N-dealkylation sites (tertiary alicyclic amines) is 1. The SMILES string of the molecule is CNC(CCN1CCC2(CCCCC2)CC1)C(=O)OC. The Hall–Kier alpha value is -0.610. The molecular formula is C16H30N2O2. The van der Waals surface area contributed by atoms with Crippen LogP contribution in [0.1, 0.15) is 51.4 Å². The van der Waals surface area contributed by atoms with Gasteiger partial charge in [0.05, 0.1) is 7.11 Å². The van der Waals surface area contributed by atoms with Crippen LogP contribution in [0, 0.1) is 5.41 Å². The van der Waals surface area contributed by atoms with Crippen molar-refractivity contribution < 1.29 is 9.53 Å². The Morgan fingerprint density at radius 3 is 2.40 bits per heavy atom. The van der Waals surface area contributed by atoms with E-state index in [1.807, 2.05) is 7.05 Å². The predicted molar refractivity (Wildman–Crippen MR) is 80.7 cm³/mol. The number of hydrogen-bond acceptors (Lipinski definition) is 4. The fraction of sp³-hybridized carbons (Fsp3) is 0.938. The number of nitrogens with zero attached hydrogens (tertiary/aromatic N) is 1. The lowest BCUT2D eigenvalue weighted by molar-refractivity contribution is -0.143. The highest BCUT2D eigenvalue weighted by Gasteiger charge is 2.35. The van der Waals surface area contributed by atoms with Crippen molar-refractivity contribution in [2.45, 2.75) is 57.4 Å². The van der Waals surface area contributed by atoms with E-state index in [0.29, 0.717) is 5.41 Å². The number of likely N-dealkylation sites (N-methyl/N-ethyl adjacent to an activating group) is 1. The Kier molecular flexibility index (Phi) is 5.85. The molecule has 20 heavy (non-hydrogen) atoms. The van der Waals surface area contributed by atoms with Crippen molar-refractivity contribution in [2.24, 2.45) is 5.41 Å². The van der Waals surface area contributed by atoms with Crippen molar-refractivity contribution in [1.29, 1.82) is 0 Å². The number of hydrogen-bond donors (Lipinski definition) is 1. The quantitative estimate of drug-likeness (QED) is 0.785. The molecule has 1 aliphatic carbocycles. The summed E-state index contributed by atoms with van der Waals surface area (Å²) in [5.41, 5.74) is 0.666. The van der Waals surface area contributed by atoms with Gasteiger partial charge in [0, 0.05) is 6.54 Å². The molecule has 1 N–H and O–H groups in total. The van der Waals surface area contributed by atoms with Gasteiger partial charge in [-0.2, -0.15) is 0 Å². The molecule has 1 unspecified atom stereocenters. The van der Waals surface area contributed by atoms with Crippen LogP contribution in [-0.4, -0.2) is 50.7 Å². The van der Waals surface area contributed by atoms with Gasteiger partial charge in [0.1, 0.15) is 6.04 Å². The number of rotatable bonds is 5. The largest absolute Gasteiger partial charge is 0.468 e. The normalized spacial score (nSPS) is 24.5. The number of carbonyl (C=O) groups is 1. The molecule has 0 aromatic carbocycles. The molecule has 0 bridgehead atoms. The van der Waals surface area contributed by atoms with Crippen LogP contribution >= 0.6 is 0 Å². The van der Waals surface area contributed by atoms with Gasteiger partial charge in [0.25, 0.3) is 0 Å². The van der Waals surface area contributed by atoms with Crippen LogP contribution < -0.4 is 5.32 Å². The summed E-state index contributed by atoms with van der Waals surface area (Å²) in [4.78, 5) is 14.1. The molecule has 2 rings (SSSR count). The molecule has 0 amide bonds. The van der Waals surface area contributed by atoms with E-state index >= 15 is 0 Å². The molecule has 0 aromatic rings. The number of carbonyl (C=O) groups excluding carboxylic acids is 1. The maximum absolute atomic E-state index is 11.6. The summed E-state index contributed by atoms with van der Waals surface area (Å²) in [6.07, 6.45) is 10.8. The van der Waals surface area contributed by atoms with Crippen LogP contribution in [0.2, 0.25) is 0 Å². The van der Waals surface area contributed by atoms with Gasteiger partial charge in [-0.25, -0.2) is 0 Å². The van der Waals surface area contributed by atoms with Crippen LogP contribution in [-0.2, 0) is 9.53 Å². The van der Waals surface area contributed by atoms with Gasteiger partial charge in [-0.1, -0.05) is 19.3 Å². The van der Waals surface area contributed by atoms with Crippen LogP contribution in [0.25, 0.3) is 0 Å². The third-order valence-electron chi connectivity index (χ3n) is 5.40. The van der Waals surface area contributed by atoms with Gasteiger partial charge in [0.15, 0.2) is 0 Å². The number of esters is 1. The monoisotopic (exact) mass is 282 g/mol. The molecule has 1 aliphatic heterocycles. The molecule has 4 nitrogen and oxygen atoms in total. The molecule has 0 aromatic heterocycles. The number of piperidine rings is 1. The zero-order valence-electron chi connectivity index (χ0n) is 13.1. The second-order valence-electron chi connectivity index (χ2n) is 6.56. The van der Waals surface area contributed by atoms with Gasteiger partial charge in [-0.3, -0.25) is 4.79 Å².